The van der Waals surface area contributed by atoms with Gasteiger partial charge in [-0.15, -0.1) is 0 Å². The number of carbonyl (C=O) groups excluding carboxylic acids is 1. The number of rotatable bonds is 5. The van der Waals surface area contributed by atoms with Crippen LogP contribution < -0.4 is 11.3 Å². The molecule has 1 heterocycles. The summed E-state index contributed by atoms with van der Waals surface area (Å²) in [5.41, 5.74) is 2.24. The molecule has 2 unspecified atom stereocenters. The van der Waals surface area contributed by atoms with Gasteiger partial charge in [0.2, 0.25) is 0 Å². The number of nitrogens with zero attached hydrogens (tertiary/aromatic N) is 1. The number of nitrogens with one attached hydrogen (secondary N) is 1. The zero-order valence-electron chi connectivity index (χ0n) is 9.98. The van der Waals surface area contributed by atoms with Crippen molar-refractivity contribution < 1.29 is 9.90 Å². The van der Waals surface area contributed by atoms with E-state index >= 15 is 0 Å². The van der Waals surface area contributed by atoms with Gasteiger partial charge in [-0.1, -0.05) is 13.3 Å². The number of nitrogens with two attached hydrogens (primary N) is 1. The first-order valence-corrected chi connectivity index (χ1v) is 6.08. The van der Waals surface area contributed by atoms with Crippen LogP contribution in [0.1, 0.15) is 32.6 Å². The fourth-order valence-electron chi connectivity index (χ4n) is 2.38. The molecule has 0 bridgehead atoms. The minimum atomic E-state index is -0.135. The third-order valence-electron chi connectivity index (χ3n) is 3.26. The average Bonchev–Trinajstić information content (AvgIpc) is 2.35. The van der Waals surface area contributed by atoms with Crippen LogP contribution in [0.15, 0.2) is 0 Å². The highest BCUT2D eigenvalue weighted by atomic mass is 16.3. The van der Waals surface area contributed by atoms with Gasteiger partial charge in [0, 0.05) is 13.2 Å². The summed E-state index contributed by atoms with van der Waals surface area (Å²) in [5, 5.41) is 9.16. The first-order chi connectivity index (χ1) is 7.72. The first-order valence-electron chi connectivity index (χ1n) is 6.08. The van der Waals surface area contributed by atoms with Gasteiger partial charge in [0.05, 0.1) is 6.04 Å². The number of likely N-dealkylation sites (tertiary alicyclic amines) is 1. The molecule has 1 saturated heterocycles. The monoisotopic (exact) mass is 229 g/mol. The SMILES string of the molecule is CCCC(C(=O)NN)N1CCCC(CO)C1. The zero-order chi connectivity index (χ0) is 12.0. The Hall–Kier alpha value is -0.650. The Balaban J connectivity index is 2.58. The summed E-state index contributed by atoms with van der Waals surface area (Å²) >= 11 is 0. The summed E-state index contributed by atoms with van der Waals surface area (Å²) in [4.78, 5) is 13.8. The molecule has 5 nitrogen and oxygen atoms in total. The first kappa shape index (κ1) is 13.4. The van der Waals surface area contributed by atoms with Crippen LogP contribution >= 0.6 is 0 Å². The highest BCUT2D eigenvalue weighted by Gasteiger charge is 2.29. The lowest BCUT2D eigenvalue weighted by molar-refractivity contribution is -0.127. The van der Waals surface area contributed by atoms with Gasteiger partial charge in [0.15, 0.2) is 0 Å². The number of amides is 1. The quantitative estimate of drug-likeness (QED) is 0.348. The van der Waals surface area contributed by atoms with Crippen molar-refractivity contribution in [3.63, 3.8) is 0 Å². The molecule has 1 amide bonds. The van der Waals surface area contributed by atoms with E-state index in [2.05, 4.69) is 17.2 Å². The molecule has 0 aromatic rings. The topological polar surface area (TPSA) is 78.6 Å². The van der Waals surface area contributed by atoms with Gasteiger partial charge < -0.3 is 5.11 Å². The van der Waals surface area contributed by atoms with Crippen LogP contribution in [-0.4, -0.2) is 41.7 Å². The van der Waals surface area contributed by atoms with Crippen LogP contribution in [0.5, 0.6) is 0 Å². The van der Waals surface area contributed by atoms with E-state index in [1.165, 1.54) is 0 Å². The predicted octanol–water partition coefficient (Wildman–Crippen LogP) is -0.151. The van der Waals surface area contributed by atoms with Gasteiger partial charge in [0.1, 0.15) is 0 Å². The largest absolute Gasteiger partial charge is 0.396 e. The highest BCUT2D eigenvalue weighted by molar-refractivity contribution is 5.81. The van der Waals surface area contributed by atoms with Crippen LogP contribution in [0.4, 0.5) is 0 Å². The van der Waals surface area contributed by atoms with Gasteiger partial charge in [-0.2, -0.15) is 0 Å². The number of hydrogen-bond donors (Lipinski definition) is 3. The summed E-state index contributed by atoms with van der Waals surface area (Å²) in [5.74, 6) is 5.40. The van der Waals surface area contributed by atoms with E-state index < -0.39 is 0 Å². The Morgan fingerprint density at radius 3 is 3.00 bits per heavy atom. The number of aliphatic hydroxyl groups is 1. The molecule has 4 N–H and O–H groups in total. The van der Waals surface area contributed by atoms with Gasteiger partial charge in [-0.05, 0) is 31.7 Å². The maximum absolute atomic E-state index is 11.7. The number of hydrazine groups is 1. The van der Waals surface area contributed by atoms with Crippen molar-refractivity contribution >= 4 is 5.91 Å². The van der Waals surface area contributed by atoms with Crippen LogP contribution in [0.2, 0.25) is 0 Å². The van der Waals surface area contributed by atoms with E-state index in [9.17, 15) is 4.79 Å². The Morgan fingerprint density at radius 1 is 1.69 bits per heavy atom. The standard InChI is InChI=1S/C11H23N3O2/c1-2-4-10(11(16)13-12)14-6-3-5-9(7-14)8-15/h9-10,15H,2-8,12H2,1H3,(H,13,16). The molecule has 16 heavy (non-hydrogen) atoms. The summed E-state index contributed by atoms with van der Waals surface area (Å²) < 4.78 is 0. The Labute approximate surface area is 97.0 Å². The van der Waals surface area contributed by atoms with E-state index in [1.54, 1.807) is 0 Å². The van der Waals surface area contributed by atoms with E-state index in [1.807, 2.05) is 0 Å². The van der Waals surface area contributed by atoms with Crippen molar-refractivity contribution in [2.75, 3.05) is 19.7 Å². The lowest BCUT2D eigenvalue weighted by atomic mass is 9.96. The van der Waals surface area contributed by atoms with Gasteiger partial charge in [-0.25, -0.2) is 5.84 Å². The minimum absolute atomic E-state index is 0.111. The second-order valence-corrected chi connectivity index (χ2v) is 4.50. The summed E-state index contributed by atoms with van der Waals surface area (Å²) in [6.07, 6.45) is 3.87. The number of hydrogen-bond acceptors (Lipinski definition) is 4. The highest BCUT2D eigenvalue weighted by Crippen LogP contribution is 2.20. The molecule has 0 radical (unpaired) electrons. The number of piperidine rings is 1. The van der Waals surface area contributed by atoms with E-state index in [4.69, 9.17) is 10.9 Å². The van der Waals surface area contributed by atoms with Crippen molar-refractivity contribution in [2.24, 2.45) is 11.8 Å². The molecule has 0 aliphatic carbocycles. The molecule has 0 saturated carbocycles. The summed E-state index contributed by atoms with van der Waals surface area (Å²) in [7, 11) is 0. The third kappa shape index (κ3) is 3.43. The smallest absolute Gasteiger partial charge is 0.251 e. The predicted molar refractivity (Wildman–Crippen MR) is 62.4 cm³/mol. The van der Waals surface area contributed by atoms with E-state index in [0.29, 0.717) is 5.92 Å². The zero-order valence-corrected chi connectivity index (χ0v) is 9.98. The molecule has 0 aromatic heterocycles. The van der Waals surface area contributed by atoms with Crippen molar-refractivity contribution in [1.82, 2.24) is 10.3 Å². The molecule has 2 atom stereocenters. The molecule has 1 aliphatic heterocycles. The maximum Gasteiger partial charge on any atom is 0.251 e. The van der Waals surface area contributed by atoms with E-state index in [0.717, 1.165) is 38.8 Å². The number of carbonyl (C=O) groups is 1. The normalized spacial score (nSPS) is 24.1. The molecule has 0 spiro atoms. The molecule has 94 valence electrons. The van der Waals surface area contributed by atoms with Crippen LogP contribution in [0, 0.1) is 5.92 Å². The lowest BCUT2D eigenvalue weighted by Crippen LogP contribution is -2.52. The number of aliphatic hydroxyl groups excluding tert-OH is 1. The van der Waals surface area contributed by atoms with Crippen LogP contribution in [0.3, 0.4) is 0 Å². The fourth-order valence-corrected chi connectivity index (χ4v) is 2.38. The average molecular weight is 229 g/mol. The van der Waals surface area contributed by atoms with Crippen LogP contribution in [-0.2, 0) is 4.79 Å². The van der Waals surface area contributed by atoms with Crippen LogP contribution in [0.25, 0.3) is 0 Å². The molecular weight excluding hydrogens is 206 g/mol. The molecule has 1 fully saturated rings. The van der Waals surface area contributed by atoms with Gasteiger partial charge in [0.25, 0.3) is 5.91 Å². The molecule has 5 heteroatoms. The Bertz CT molecular complexity index is 223. The Kier molecular flexibility index (Phi) is 5.73. The lowest BCUT2D eigenvalue weighted by Gasteiger charge is -2.36. The second-order valence-electron chi connectivity index (χ2n) is 4.50. The van der Waals surface area contributed by atoms with Gasteiger partial charge in [-0.3, -0.25) is 15.1 Å². The minimum Gasteiger partial charge on any atom is -0.396 e. The summed E-state index contributed by atoms with van der Waals surface area (Å²) in [6, 6.07) is -0.135. The maximum atomic E-state index is 11.7. The third-order valence-corrected chi connectivity index (χ3v) is 3.26. The summed E-state index contributed by atoms with van der Waals surface area (Å²) in [6.45, 7) is 3.99. The molecule has 1 rings (SSSR count). The van der Waals surface area contributed by atoms with Crippen molar-refractivity contribution in [2.45, 2.75) is 38.6 Å². The Morgan fingerprint density at radius 2 is 2.44 bits per heavy atom. The molecular formula is C11H23N3O2. The van der Waals surface area contributed by atoms with Crippen molar-refractivity contribution in [3.8, 4) is 0 Å². The molecule has 1 aliphatic rings. The van der Waals surface area contributed by atoms with Crippen molar-refractivity contribution in [1.29, 1.82) is 0 Å². The second kappa shape index (κ2) is 6.83. The van der Waals surface area contributed by atoms with Gasteiger partial charge >= 0.3 is 0 Å². The van der Waals surface area contributed by atoms with Crippen molar-refractivity contribution in [3.05, 3.63) is 0 Å². The van der Waals surface area contributed by atoms with E-state index in [-0.39, 0.29) is 18.6 Å². The fraction of sp³-hybridized carbons (Fsp3) is 0.909. The molecule has 0 aromatic carbocycles.